The van der Waals surface area contributed by atoms with Crippen LogP contribution in [0.25, 0.3) is 0 Å². The molecule has 5 heterocycles. The third kappa shape index (κ3) is 12.7. The Kier molecular flexibility index (Phi) is 17.5. The molecule has 262 valence electrons. The summed E-state index contributed by atoms with van der Waals surface area (Å²) in [5, 5.41) is 18.4. The Morgan fingerprint density at radius 3 is 2.00 bits per heavy atom. The molecule has 0 unspecified atom stereocenters. The zero-order valence-corrected chi connectivity index (χ0v) is 31.6. The van der Waals surface area contributed by atoms with Crippen molar-refractivity contribution in [2.75, 3.05) is 84.1 Å². The van der Waals surface area contributed by atoms with E-state index in [9.17, 15) is 13.5 Å². The number of thiophene rings is 1. The maximum Gasteiger partial charge on any atom is 0.256 e. The minimum Gasteiger partial charge on any atom is -0.504 e. The first kappa shape index (κ1) is 39.9. The van der Waals surface area contributed by atoms with Crippen molar-refractivity contribution >= 4 is 50.4 Å². The number of sulfonamides is 1. The van der Waals surface area contributed by atoms with E-state index in [0.717, 1.165) is 53.1 Å². The van der Waals surface area contributed by atoms with Gasteiger partial charge in [0.05, 0.1) is 30.2 Å². The van der Waals surface area contributed by atoms with Gasteiger partial charge in [-0.25, -0.2) is 8.42 Å². The van der Waals surface area contributed by atoms with E-state index in [4.69, 9.17) is 4.42 Å². The number of rotatable bonds is 9. The summed E-state index contributed by atoms with van der Waals surface area (Å²) in [6.45, 7) is 20.1. The monoisotopic (exact) mass is 700 g/mol. The van der Waals surface area contributed by atoms with Gasteiger partial charge >= 0.3 is 0 Å². The smallest absolute Gasteiger partial charge is 0.256 e. The van der Waals surface area contributed by atoms with Crippen LogP contribution in [0.1, 0.15) is 59.3 Å². The van der Waals surface area contributed by atoms with Crippen molar-refractivity contribution in [1.29, 1.82) is 0 Å². The van der Waals surface area contributed by atoms with Crippen molar-refractivity contribution < 1.29 is 17.9 Å². The first-order valence-electron chi connectivity index (χ1n) is 16.2. The molecule has 15 heteroatoms. The molecule has 0 spiro atoms. The number of anilines is 3. The lowest BCUT2D eigenvalue weighted by Gasteiger charge is -2.31. The minimum atomic E-state index is -3.76. The maximum atomic E-state index is 13.0. The predicted octanol–water partition coefficient (Wildman–Crippen LogP) is 5.69. The molecule has 3 aromatic heterocycles. The van der Waals surface area contributed by atoms with Crippen LogP contribution in [0, 0.1) is 5.92 Å². The molecule has 46 heavy (non-hydrogen) atoms. The van der Waals surface area contributed by atoms with Gasteiger partial charge in [0.2, 0.25) is 0 Å². The van der Waals surface area contributed by atoms with E-state index in [1.54, 1.807) is 11.6 Å². The van der Waals surface area contributed by atoms with E-state index in [1.807, 2.05) is 27.0 Å². The summed E-state index contributed by atoms with van der Waals surface area (Å²) in [5.41, 5.74) is 1.43. The Labute approximate surface area is 285 Å². The molecule has 0 amide bonds. The Morgan fingerprint density at radius 2 is 1.46 bits per heavy atom. The van der Waals surface area contributed by atoms with E-state index in [1.165, 1.54) is 30.5 Å². The van der Waals surface area contributed by atoms with Gasteiger partial charge in [0.1, 0.15) is 5.76 Å². The highest BCUT2D eigenvalue weighted by molar-refractivity contribution is 7.91. The van der Waals surface area contributed by atoms with Gasteiger partial charge in [0, 0.05) is 57.7 Å². The SMILES string of the molecule is CC.CC(C)C.CCCc1coc(CNc2nsnc2Nc2csc(S(=O)(=O)N3CCN(C)CC3)c2O)c1.CN1CCN(C)CC1. The quantitative estimate of drug-likeness (QED) is 0.254. The largest absolute Gasteiger partial charge is 0.504 e. The van der Waals surface area contributed by atoms with Crippen molar-refractivity contribution in [3.63, 3.8) is 0 Å². The summed E-state index contributed by atoms with van der Waals surface area (Å²) in [7, 11) is 2.54. The highest BCUT2D eigenvalue weighted by Gasteiger charge is 2.32. The van der Waals surface area contributed by atoms with Crippen molar-refractivity contribution in [2.24, 2.45) is 5.92 Å². The molecule has 2 aliphatic rings. The molecule has 0 aliphatic carbocycles. The van der Waals surface area contributed by atoms with Crippen molar-refractivity contribution in [3.8, 4) is 5.75 Å². The number of piperazine rings is 2. The van der Waals surface area contributed by atoms with Crippen LogP contribution in [0.5, 0.6) is 5.75 Å². The molecule has 2 fully saturated rings. The van der Waals surface area contributed by atoms with Crippen molar-refractivity contribution in [3.05, 3.63) is 29.0 Å². The van der Waals surface area contributed by atoms with E-state index in [0.29, 0.717) is 44.4 Å². The highest BCUT2D eigenvalue weighted by Crippen LogP contribution is 2.41. The lowest BCUT2D eigenvalue weighted by Crippen LogP contribution is -2.46. The minimum absolute atomic E-state index is 0.0682. The molecule has 3 aromatic rings. The zero-order valence-electron chi connectivity index (χ0n) is 29.2. The maximum absolute atomic E-state index is 13.0. The molecule has 0 aromatic carbocycles. The number of nitrogens with zero attached hydrogens (tertiary/aromatic N) is 6. The van der Waals surface area contributed by atoms with E-state index in [2.05, 4.69) is 75.9 Å². The third-order valence-corrected chi connectivity index (χ3v) is 10.8. The number of likely N-dealkylation sites (N-methyl/N-ethyl adjacent to an activating group) is 3. The van der Waals surface area contributed by atoms with E-state index >= 15 is 0 Å². The van der Waals surface area contributed by atoms with E-state index < -0.39 is 10.0 Å². The molecule has 0 radical (unpaired) electrons. The average Bonchev–Trinajstić information content (AvgIpc) is 3.76. The van der Waals surface area contributed by atoms with Gasteiger partial charge < -0.3 is 34.9 Å². The second-order valence-electron chi connectivity index (χ2n) is 11.9. The molecular formula is C31H56N8O4S3. The third-order valence-electron chi connectivity index (χ3n) is 6.91. The first-order valence-corrected chi connectivity index (χ1v) is 19.2. The van der Waals surface area contributed by atoms with Gasteiger partial charge in [0.15, 0.2) is 21.6 Å². The number of furan rings is 1. The van der Waals surface area contributed by atoms with E-state index in [-0.39, 0.29) is 15.6 Å². The van der Waals surface area contributed by atoms with Crippen LogP contribution in [0.2, 0.25) is 0 Å². The van der Waals surface area contributed by atoms with Crippen molar-refractivity contribution in [2.45, 2.75) is 65.1 Å². The number of nitrogens with one attached hydrogen (secondary N) is 2. The Hall–Kier alpha value is -2.27. The summed E-state index contributed by atoms with van der Waals surface area (Å²) in [6, 6.07) is 2.00. The van der Waals surface area contributed by atoms with Gasteiger partial charge in [0.25, 0.3) is 10.0 Å². The molecule has 3 N–H and O–H groups in total. The van der Waals surface area contributed by atoms with Gasteiger partial charge in [-0.1, -0.05) is 48.0 Å². The lowest BCUT2D eigenvalue weighted by molar-refractivity contribution is 0.181. The van der Waals surface area contributed by atoms with Crippen LogP contribution in [-0.4, -0.2) is 115 Å². The van der Waals surface area contributed by atoms with Crippen LogP contribution in [0.15, 0.2) is 26.3 Å². The number of hydrogen-bond acceptors (Lipinski definition) is 13. The summed E-state index contributed by atoms with van der Waals surface area (Å²) < 4.78 is 41.3. The molecule has 0 saturated carbocycles. The Morgan fingerprint density at radius 1 is 0.935 bits per heavy atom. The van der Waals surface area contributed by atoms with Crippen LogP contribution < -0.4 is 10.6 Å². The molecule has 0 bridgehead atoms. The van der Waals surface area contributed by atoms with Gasteiger partial charge in [-0.05, 0) is 45.1 Å². The van der Waals surface area contributed by atoms with Gasteiger partial charge in [-0.2, -0.15) is 13.1 Å². The fraction of sp³-hybridized carbons (Fsp3) is 0.677. The van der Waals surface area contributed by atoms with Crippen LogP contribution in [-0.2, 0) is 23.0 Å². The zero-order chi connectivity index (χ0) is 34.3. The molecule has 2 saturated heterocycles. The molecule has 0 atom stereocenters. The summed E-state index contributed by atoms with van der Waals surface area (Å²) in [4.78, 5) is 6.80. The van der Waals surface area contributed by atoms with Crippen molar-refractivity contribution in [1.82, 2.24) is 27.8 Å². The average molecular weight is 701 g/mol. The molecule has 12 nitrogen and oxygen atoms in total. The fourth-order valence-electron chi connectivity index (χ4n) is 4.28. The Bertz CT molecular complexity index is 1350. The molecule has 5 rings (SSSR count). The predicted molar refractivity (Wildman–Crippen MR) is 192 cm³/mol. The van der Waals surface area contributed by atoms with Crippen LogP contribution in [0.3, 0.4) is 0 Å². The second-order valence-corrected chi connectivity index (χ2v) is 15.5. The van der Waals surface area contributed by atoms with Crippen LogP contribution >= 0.6 is 23.1 Å². The number of aromatic hydroxyl groups is 1. The number of aromatic nitrogens is 2. The normalized spacial score (nSPS) is 16.5. The second kappa shape index (κ2) is 20.2. The summed E-state index contributed by atoms with van der Waals surface area (Å²) in [5.74, 6) is 2.22. The fourth-order valence-corrected chi connectivity index (χ4v) is 7.57. The lowest BCUT2D eigenvalue weighted by atomic mass is 10.2. The molecular weight excluding hydrogens is 645 g/mol. The standard InChI is InChI=1S/C19H26N6O4S3.C6H14N2.C4H10.C2H6/c1-3-4-13-9-14(29-11-13)10-20-17-18(23-31-22-17)21-15-12-30-19(16(15)26)32(27,28)25-7-5-24(2)6-8-25;1-7-3-5-8(2)6-4-7;1-4(2)3;1-2/h9,11-12,26H,3-8,10H2,1-2H3,(H,20,22)(H,21,23);3-6H2,1-2H3;4H,1-3H3;1-2H3. The summed E-state index contributed by atoms with van der Waals surface area (Å²) >= 11 is 2.00. The number of aryl methyl sites for hydroxylation is 1. The first-order chi connectivity index (χ1) is 21.9. The molecule has 2 aliphatic heterocycles. The highest BCUT2D eigenvalue weighted by atomic mass is 32.2. The number of hydrogen-bond donors (Lipinski definition) is 3. The van der Waals surface area contributed by atoms with Gasteiger partial charge in [-0.3, -0.25) is 0 Å². The Balaban J connectivity index is 0.000000439. The van der Waals surface area contributed by atoms with Gasteiger partial charge in [-0.15, -0.1) is 11.3 Å². The van der Waals surface area contributed by atoms with Crippen LogP contribution in [0.4, 0.5) is 17.3 Å². The summed E-state index contributed by atoms with van der Waals surface area (Å²) in [6.07, 6.45) is 3.77. The topological polar surface area (TPSA) is 130 Å².